The Morgan fingerprint density at radius 2 is 1.03 bits per heavy atom. The SMILES string of the molecule is Brc1cc([Si](c2ccccc2)(c2ccccc2)c2ccccc2)ccc1-c1cccs1. The van der Waals surface area contributed by atoms with Gasteiger partial charge in [-0.1, -0.05) is 125 Å². The molecule has 0 fully saturated rings. The first-order chi connectivity index (χ1) is 15.3. The molecule has 0 aliphatic heterocycles. The molecule has 0 aliphatic rings. The first-order valence-electron chi connectivity index (χ1n) is 10.3. The van der Waals surface area contributed by atoms with E-state index in [1.54, 1.807) is 11.3 Å². The van der Waals surface area contributed by atoms with Crippen LogP contribution in [0.25, 0.3) is 10.4 Å². The molecule has 0 spiro atoms. The minimum Gasteiger partial charge on any atom is -0.144 e. The molecule has 0 bridgehead atoms. The molecule has 0 radical (unpaired) electrons. The maximum Gasteiger partial charge on any atom is 0.179 e. The van der Waals surface area contributed by atoms with Crippen LogP contribution in [0.4, 0.5) is 0 Å². The molecular weight excluding hydrogens is 476 g/mol. The minimum absolute atomic E-state index is 1.15. The highest BCUT2D eigenvalue weighted by Gasteiger charge is 2.41. The van der Waals surface area contributed by atoms with Crippen LogP contribution in [0, 0.1) is 0 Å². The summed E-state index contributed by atoms with van der Waals surface area (Å²) in [5.74, 6) is 0. The molecule has 0 saturated heterocycles. The van der Waals surface area contributed by atoms with Crippen molar-refractivity contribution in [1.82, 2.24) is 0 Å². The molecule has 0 unspecified atom stereocenters. The van der Waals surface area contributed by atoms with Crippen molar-refractivity contribution < 1.29 is 0 Å². The van der Waals surface area contributed by atoms with Crippen molar-refractivity contribution in [2.24, 2.45) is 0 Å². The molecule has 0 saturated carbocycles. The average molecular weight is 498 g/mol. The van der Waals surface area contributed by atoms with Crippen molar-refractivity contribution in [2.75, 3.05) is 0 Å². The van der Waals surface area contributed by atoms with Gasteiger partial charge in [0.15, 0.2) is 8.07 Å². The zero-order valence-electron chi connectivity index (χ0n) is 16.9. The van der Waals surface area contributed by atoms with E-state index in [-0.39, 0.29) is 0 Å². The molecule has 0 N–H and O–H groups in total. The molecule has 150 valence electrons. The van der Waals surface area contributed by atoms with E-state index in [0.717, 1.165) is 4.47 Å². The quantitative estimate of drug-likeness (QED) is 0.221. The zero-order valence-corrected chi connectivity index (χ0v) is 20.3. The summed E-state index contributed by atoms with van der Waals surface area (Å²) >= 11 is 5.68. The predicted molar refractivity (Wildman–Crippen MR) is 141 cm³/mol. The highest BCUT2D eigenvalue weighted by atomic mass is 79.9. The minimum atomic E-state index is -2.47. The number of hydrogen-bond donors (Lipinski definition) is 0. The van der Waals surface area contributed by atoms with E-state index >= 15 is 0 Å². The Morgan fingerprint density at radius 3 is 1.45 bits per heavy atom. The van der Waals surface area contributed by atoms with E-state index < -0.39 is 8.07 Å². The standard InChI is InChI=1S/C28H21BrSSi/c29-27-21-25(18-19-26(27)28-17-10-20-30-28)31(22-11-4-1-5-12-22,23-13-6-2-7-14-23)24-15-8-3-9-16-24/h1-21H. The van der Waals surface area contributed by atoms with Crippen LogP contribution in [-0.4, -0.2) is 8.07 Å². The summed E-state index contributed by atoms with van der Waals surface area (Å²) in [5.41, 5.74) is 1.25. The molecule has 5 aromatic rings. The van der Waals surface area contributed by atoms with Crippen LogP contribution in [-0.2, 0) is 0 Å². The zero-order chi connectivity index (χ0) is 21.1. The van der Waals surface area contributed by atoms with E-state index in [9.17, 15) is 0 Å². The van der Waals surface area contributed by atoms with E-state index in [1.165, 1.54) is 31.2 Å². The molecule has 31 heavy (non-hydrogen) atoms. The molecule has 5 rings (SSSR count). The number of rotatable bonds is 5. The predicted octanol–water partition coefficient (Wildman–Crippen LogP) is 5.56. The molecule has 0 nitrogen and oxygen atoms in total. The van der Waals surface area contributed by atoms with Gasteiger partial charge in [0, 0.05) is 14.9 Å². The molecule has 1 heterocycles. The largest absolute Gasteiger partial charge is 0.179 e. The van der Waals surface area contributed by atoms with E-state index in [4.69, 9.17) is 0 Å². The Morgan fingerprint density at radius 1 is 0.516 bits per heavy atom. The summed E-state index contributed by atoms with van der Waals surface area (Å²) in [7, 11) is -2.47. The van der Waals surface area contributed by atoms with E-state index in [1.807, 2.05) is 0 Å². The Kier molecular flexibility index (Phi) is 5.73. The lowest BCUT2D eigenvalue weighted by molar-refractivity contribution is 1.64. The van der Waals surface area contributed by atoms with Gasteiger partial charge in [-0.05, 0) is 38.3 Å². The summed E-state index contributed by atoms with van der Waals surface area (Å²) in [5, 5.41) is 7.69. The van der Waals surface area contributed by atoms with E-state index in [0.29, 0.717) is 0 Å². The third-order valence-corrected chi connectivity index (χ3v) is 12.1. The Labute approximate surface area is 197 Å². The van der Waals surface area contributed by atoms with Crippen molar-refractivity contribution in [3.8, 4) is 10.4 Å². The van der Waals surface area contributed by atoms with Crippen LogP contribution in [0.15, 0.2) is 131 Å². The van der Waals surface area contributed by atoms with Gasteiger partial charge in [-0.2, -0.15) is 0 Å². The van der Waals surface area contributed by atoms with Crippen LogP contribution >= 0.6 is 27.3 Å². The maximum absolute atomic E-state index is 3.91. The third-order valence-electron chi connectivity index (χ3n) is 5.81. The van der Waals surface area contributed by atoms with Gasteiger partial charge in [-0.25, -0.2) is 0 Å². The average Bonchev–Trinajstić information content (AvgIpc) is 3.37. The smallest absolute Gasteiger partial charge is 0.144 e. The van der Waals surface area contributed by atoms with Crippen LogP contribution in [0.3, 0.4) is 0 Å². The normalized spacial score (nSPS) is 11.4. The molecule has 3 heteroatoms. The summed E-state index contributed by atoms with van der Waals surface area (Å²) < 4.78 is 1.15. The second-order valence-electron chi connectivity index (χ2n) is 7.52. The lowest BCUT2D eigenvalue weighted by Gasteiger charge is -2.34. The van der Waals surface area contributed by atoms with E-state index in [2.05, 4.69) is 143 Å². The monoisotopic (exact) mass is 496 g/mol. The summed E-state index contributed by atoms with van der Waals surface area (Å²) in [6, 6.07) is 44.4. The number of benzene rings is 4. The van der Waals surface area contributed by atoms with Gasteiger partial charge in [0.25, 0.3) is 0 Å². The van der Waals surface area contributed by atoms with Gasteiger partial charge in [0.2, 0.25) is 0 Å². The van der Waals surface area contributed by atoms with Crippen LogP contribution in [0.2, 0.25) is 0 Å². The Balaban J connectivity index is 1.84. The lowest BCUT2D eigenvalue weighted by Crippen LogP contribution is -2.74. The van der Waals surface area contributed by atoms with Crippen molar-refractivity contribution in [3.05, 3.63) is 131 Å². The van der Waals surface area contributed by atoms with Crippen LogP contribution in [0.1, 0.15) is 0 Å². The number of hydrogen-bond acceptors (Lipinski definition) is 1. The lowest BCUT2D eigenvalue weighted by atomic mass is 10.2. The fourth-order valence-electron chi connectivity index (χ4n) is 4.44. The van der Waals surface area contributed by atoms with Gasteiger partial charge < -0.3 is 0 Å². The first kappa shape index (κ1) is 20.2. The topological polar surface area (TPSA) is 0 Å². The highest BCUT2D eigenvalue weighted by Crippen LogP contribution is 2.31. The van der Waals surface area contributed by atoms with Gasteiger partial charge in [-0.3, -0.25) is 0 Å². The fourth-order valence-corrected chi connectivity index (χ4v) is 10.9. The molecular formula is C28H21BrSSi. The maximum atomic E-state index is 3.91. The van der Waals surface area contributed by atoms with Gasteiger partial charge >= 0.3 is 0 Å². The van der Waals surface area contributed by atoms with Crippen LogP contribution < -0.4 is 20.7 Å². The van der Waals surface area contributed by atoms with Crippen molar-refractivity contribution >= 4 is 56.1 Å². The summed E-state index contributed by atoms with van der Waals surface area (Å²) in [4.78, 5) is 1.28. The Bertz CT molecular complexity index is 1170. The van der Waals surface area contributed by atoms with Crippen LogP contribution in [0.5, 0.6) is 0 Å². The van der Waals surface area contributed by atoms with Crippen molar-refractivity contribution in [1.29, 1.82) is 0 Å². The highest BCUT2D eigenvalue weighted by molar-refractivity contribution is 9.10. The van der Waals surface area contributed by atoms with Crippen molar-refractivity contribution in [2.45, 2.75) is 0 Å². The first-order valence-corrected chi connectivity index (χ1v) is 14.0. The summed E-state index contributed by atoms with van der Waals surface area (Å²) in [6.45, 7) is 0. The number of halogens is 1. The molecule has 0 amide bonds. The van der Waals surface area contributed by atoms with Crippen molar-refractivity contribution in [3.63, 3.8) is 0 Å². The second-order valence-corrected chi connectivity index (χ2v) is 13.1. The molecule has 1 aromatic heterocycles. The molecule has 0 atom stereocenters. The van der Waals surface area contributed by atoms with Gasteiger partial charge in [0.1, 0.15) is 0 Å². The second kappa shape index (κ2) is 8.79. The Hall–Kier alpha value is -2.72. The third kappa shape index (κ3) is 3.63. The molecule has 0 aliphatic carbocycles. The molecule has 4 aromatic carbocycles. The van der Waals surface area contributed by atoms with Gasteiger partial charge in [-0.15, -0.1) is 11.3 Å². The fraction of sp³-hybridized carbons (Fsp3) is 0. The summed E-state index contributed by atoms with van der Waals surface area (Å²) in [6.07, 6.45) is 0. The van der Waals surface area contributed by atoms with Gasteiger partial charge in [0.05, 0.1) is 0 Å². The number of thiophene rings is 1.